The van der Waals surface area contributed by atoms with Crippen molar-refractivity contribution in [3.63, 3.8) is 0 Å². The molecule has 1 aliphatic rings. The van der Waals surface area contributed by atoms with Crippen molar-refractivity contribution in [1.82, 2.24) is 24.9 Å². The molecule has 8 heteroatoms. The van der Waals surface area contributed by atoms with Gasteiger partial charge < -0.3 is 9.88 Å². The van der Waals surface area contributed by atoms with E-state index in [1.54, 1.807) is 13.1 Å². The van der Waals surface area contributed by atoms with Gasteiger partial charge in [-0.3, -0.25) is 14.3 Å². The molecule has 0 unspecified atom stereocenters. The maximum Gasteiger partial charge on any atom is 0.266 e. The van der Waals surface area contributed by atoms with Crippen LogP contribution in [0.4, 0.5) is 0 Å². The number of nitrogens with one attached hydrogen (secondary N) is 1. The lowest BCUT2D eigenvalue weighted by atomic mass is 9.95. The first kappa shape index (κ1) is 18.8. The lowest BCUT2D eigenvalue weighted by molar-refractivity contribution is -0.132. The molecule has 142 valence electrons. The standard InChI is InChI=1S/C19H24N6O2/c1-13-16(14(2)22-19(27)17(13)11-20)3-4-18(26)24-8-5-15(6-9-24)12-25-10-7-21-23-25/h7,10,15H,3-6,8-9,12H2,1-2H3,(H,22,27). The number of aryl methyl sites for hydroxylation is 1. The number of carbonyl (C=O) groups is 1. The first-order valence-corrected chi connectivity index (χ1v) is 9.24. The SMILES string of the molecule is Cc1[nH]c(=O)c(C#N)c(C)c1CCC(=O)N1CCC(Cn2ccnn2)CC1. The summed E-state index contributed by atoms with van der Waals surface area (Å²) in [6, 6.07) is 1.95. The number of pyridine rings is 1. The molecule has 0 aromatic carbocycles. The molecule has 2 aromatic heterocycles. The van der Waals surface area contributed by atoms with Crippen LogP contribution in [0.3, 0.4) is 0 Å². The van der Waals surface area contributed by atoms with E-state index in [4.69, 9.17) is 5.26 Å². The largest absolute Gasteiger partial charge is 0.343 e. The molecular weight excluding hydrogens is 344 g/mol. The van der Waals surface area contributed by atoms with E-state index in [-0.39, 0.29) is 17.0 Å². The second-order valence-electron chi connectivity index (χ2n) is 7.12. The zero-order valence-corrected chi connectivity index (χ0v) is 15.7. The molecule has 1 aliphatic heterocycles. The van der Waals surface area contributed by atoms with Crippen molar-refractivity contribution >= 4 is 5.91 Å². The molecule has 1 fully saturated rings. The van der Waals surface area contributed by atoms with E-state index in [1.807, 2.05) is 28.8 Å². The number of amides is 1. The van der Waals surface area contributed by atoms with Crippen LogP contribution in [-0.4, -0.2) is 43.9 Å². The lowest BCUT2D eigenvalue weighted by Gasteiger charge is -2.32. The summed E-state index contributed by atoms with van der Waals surface area (Å²) in [6.45, 7) is 5.94. The lowest BCUT2D eigenvalue weighted by Crippen LogP contribution is -2.39. The molecule has 27 heavy (non-hydrogen) atoms. The predicted octanol–water partition coefficient (Wildman–Crippen LogP) is 1.33. The van der Waals surface area contributed by atoms with Crippen molar-refractivity contribution < 1.29 is 4.79 Å². The molecule has 0 atom stereocenters. The minimum absolute atomic E-state index is 0.123. The van der Waals surface area contributed by atoms with Crippen molar-refractivity contribution in [2.75, 3.05) is 13.1 Å². The highest BCUT2D eigenvalue weighted by molar-refractivity contribution is 5.76. The van der Waals surface area contributed by atoms with Crippen LogP contribution in [0.25, 0.3) is 0 Å². The van der Waals surface area contributed by atoms with Gasteiger partial charge >= 0.3 is 0 Å². The summed E-state index contributed by atoms with van der Waals surface area (Å²) in [5.74, 6) is 0.635. The van der Waals surface area contributed by atoms with Gasteiger partial charge in [-0.25, -0.2) is 0 Å². The van der Waals surface area contributed by atoms with Crippen LogP contribution in [-0.2, 0) is 17.8 Å². The average molecular weight is 368 g/mol. The number of aromatic amines is 1. The highest BCUT2D eigenvalue weighted by Gasteiger charge is 2.23. The van der Waals surface area contributed by atoms with Crippen molar-refractivity contribution in [2.45, 2.75) is 46.1 Å². The van der Waals surface area contributed by atoms with Gasteiger partial charge in [0.25, 0.3) is 5.56 Å². The molecule has 0 spiro atoms. The number of rotatable bonds is 5. The number of carbonyl (C=O) groups excluding carboxylic acids is 1. The second-order valence-corrected chi connectivity index (χ2v) is 7.12. The Labute approximate surface area is 157 Å². The number of likely N-dealkylation sites (tertiary alicyclic amines) is 1. The van der Waals surface area contributed by atoms with Gasteiger partial charge in [-0.05, 0) is 50.2 Å². The molecule has 2 aromatic rings. The van der Waals surface area contributed by atoms with E-state index >= 15 is 0 Å². The zero-order valence-electron chi connectivity index (χ0n) is 15.7. The zero-order chi connectivity index (χ0) is 19.4. The highest BCUT2D eigenvalue weighted by Crippen LogP contribution is 2.21. The molecule has 1 amide bonds. The molecule has 3 rings (SSSR count). The minimum atomic E-state index is -0.364. The van der Waals surface area contributed by atoms with Gasteiger partial charge in [0.2, 0.25) is 5.91 Å². The molecule has 1 N–H and O–H groups in total. The Morgan fingerprint density at radius 3 is 2.74 bits per heavy atom. The molecule has 0 saturated carbocycles. The fraction of sp³-hybridized carbons (Fsp3) is 0.526. The number of hydrogen-bond donors (Lipinski definition) is 1. The first-order valence-electron chi connectivity index (χ1n) is 9.24. The summed E-state index contributed by atoms with van der Waals surface area (Å²) in [4.78, 5) is 29.0. The predicted molar refractivity (Wildman–Crippen MR) is 98.9 cm³/mol. The first-order chi connectivity index (χ1) is 13.0. The van der Waals surface area contributed by atoms with Gasteiger partial charge in [0.15, 0.2) is 0 Å². The summed E-state index contributed by atoms with van der Waals surface area (Å²) >= 11 is 0. The van der Waals surface area contributed by atoms with E-state index in [1.165, 1.54) is 0 Å². The van der Waals surface area contributed by atoms with Gasteiger partial charge in [-0.15, -0.1) is 5.10 Å². The third kappa shape index (κ3) is 4.25. The van der Waals surface area contributed by atoms with Crippen molar-refractivity contribution in [3.8, 4) is 6.07 Å². The van der Waals surface area contributed by atoms with Gasteiger partial charge in [-0.1, -0.05) is 5.21 Å². The Kier molecular flexibility index (Phi) is 5.69. The van der Waals surface area contributed by atoms with Gasteiger partial charge in [0.1, 0.15) is 11.6 Å². The number of hydrogen-bond acceptors (Lipinski definition) is 5. The summed E-state index contributed by atoms with van der Waals surface area (Å²) in [5, 5.41) is 17.0. The van der Waals surface area contributed by atoms with Crippen LogP contribution >= 0.6 is 0 Å². The third-order valence-electron chi connectivity index (χ3n) is 5.39. The second kappa shape index (κ2) is 8.16. The van der Waals surface area contributed by atoms with Crippen LogP contribution in [0.15, 0.2) is 17.2 Å². The van der Waals surface area contributed by atoms with E-state index in [0.717, 1.165) is 43.7 Å². The van der Waals surface area contributed by atoms with Crippen LogP contribution in [0.5, 0.6) is 0 Å². The number of piperidine rings is 1. The van der Waals surface area contributed by atoms with E-state index in [2.05, 4.69) is 15.3 Å². The van der Waals surface area contributed by atoms with E-state index in [9.17, 15) is 9.59 Å². The van der Waals surface area contributed by atoms with Gasteiger partial charge in [0.05, 0.1) is 6.20 Å². The summed E-state index contributed by atoms with van der Waals surface area (Å²) in [6.07, 6.45) is 6.37. The summed E-state index contributed by atoms with van der Waals surface area (Å²) in [5.41, 5.74) is 2.07. The molecule has 0 aliphatic carbocycles. The quantitative estimate of drug-likeness (QED) is 0.856. The molecule has 1 saturated heterocycles. The Balaban J connectivity index is 1.55. The Bertz CT molecular complexity index is 902. The third-order valence-corrected chi connectivity index (χ3v) is 5.39. The topological polar surface area (TPSA) is 108 Å². The van der Waals surface area contributed by atoms with Gasteiger partial charge in [-0.2, -0.15) is 5.26 Å². The number of nitrogens with zero attached hydrogens (tertiary/aromatic N) is 5. The summed E-state index contributed by atoms with van der Waals surface area (Å²) in [7, 11) is 0. The average Bonchev–Trinajstić information content (AvgIpc) is 3.15. The smallest absolute Gasteiger partial charge is 0.266 e. The van der Waals surface area contributed by atoms with Crippen LogP contribution < -0.4 is 5.56 Å². The van der Waals surface area contributed by atoms with Crippen LogP contribution in [0.2, 0.25) is 0 Å². The number of nitriles is 1. The maximum absolute atomic E-state index is 12.6. The fourth-order valence-electron chi connectivity index (χ4n) is 3.77. The van der Waals surface area contributed by atoms with E-state index in [0.29, 0.717) is 24.3 Å². The normalized spacial score (nSPS) is 14.9. The van der Waals surface area contributed by atoms with E-state index < -0.39 is 0 Å². The van der Waals surface area contributed by atoms with Crippen LogP contribution in [0, 0.1) is 31.1 Å². The monoisotopic (exact) mass is 368 g/mol. The number of aromatic nitrogens is 4. The highest BCUT2D eigenvalue weighted by atomic mass is 16.2. The Hall–Kier alpha value is -2.95. The Morgan fingerprint density at radius 2 is 2.11 bits per heavy atom. The van der Waals surface area contributed by atoms with Crippen LogP contribution in [0.1, 0.15) is 41.6 Å². The Morgan fingerprint density at radius 1 is 1.37 bits per heavy atom. The molecule has 8 nitrogen and oxygen atoms in total. The summed E-state index contributed by atoms with van der Waals surface area (Å²) < 4.78 is 1.84. The molecule has 3 heterocycles. The van der Waals surface area contributed by atoms with Crippen molar-refractivity contribution in [1.29, 1.82) is 5.26 Å². The molecule has 0 radical (unpaired) electrons. The molecule has 0 bridgehead atoms. The van der Waals surface area contributed by atoms with Crippen molar-refractivity contribution in [2.24, 2.45) is 5.92 Å². The maximum atomic E-state index is 12.6. The minimum Gasteiger partial charge on any atom is -0.343 e. The van der Waals surface area contributed by atoms with Gasteiger partial charge in [0, 0.05) is 37.9 Å². The number of H-pyrrole nitrogens is 1. The van der Waals surface area contributed by atoms with Crippen molar-refractivity contribution in [3.05, 3.63) is 45.1 Å². The fourth-order valence-corrected chi connectivity index (χ4v) is 3.77. The molecular formula is C19H24N6O2.